The van der Waals surface area contributed by atoms with Gasteiger partial charge < -0.3 is 9.84 Å². The number of carbonyl (C=O) groups is 2. The number of ketones is 1. The summed E-state index contributed by atoms with van der Waals surface area (Å²) in [7, 11) is 1.30. The van der Waals surface area contributed by atoms with Gasteiger partial charge in [0, 0.05) is 16.9 Å². The molecule has 2 aliphatic carbocycles. The van der Waals surface area contributed by atoms with Gasteiger partial charge in [0.2, 0.25) is 0 Å². The molecular formula is C16H20O4. The second-order valence-corrected chi connectivity index (χ2v) is 5.76. The largest absolute Gasteiger partial charge is 0.466 e. The van der Waals surface area contributed by atoms with Crippen LogP contribution in [0.3, 0.4) is 0 Å². The maximum atomic E-state index is 11.8. The van der Waals surface area contributed by atoms with Crippen LogP contribution in [0.25, 0.3) is 0 Å². The van der Waals surface area contributed by atoms with Gasteiger partial charge in [-0.2, -0.15) is 0 Å². The molecule has 4 nitrogen and oxygen atoms in total. The third-order valence-corrected chi connectivity index (χ3v) is 4.54. The maximum Gasteiger partial charge on any atom is 0.333 e. The molecule has 3 atom stereocenters. The highest BCUT2D eigenvalue weighted by Crippen LogP contribution is 2.49. The maximum absolute atomic E-state index is 11.8. The summed E-state index contributed by atoms with van der Waals surface area (Å²) in [6.07, 6.45) is 3.97. The molecule has 108 valence electrons. The van der Waals surface area contributed by atoms with Crippen LogP contribution in [0.5, 0.6) is 0 Å². The van der Waals surface area contributed by atoms with E-state index in [0.717, 1.165) is 6.42 Å². The summed E-state index contributed by atoms with van der Waals surface area (Å²) >= 11 is 0. The molecule has 0 aliphatic heterocycles. The Morgan fingerprint density at radius 1 is 1.55 bits per heavy atom. The molecule has 1 N–H and O–H groups in total. The third kappa shape index (κ3) is 2.14. The van der Waals surface area contributed by atoms with Crippen molar-refractivity contribution in [3.63, 3.8) is 0 Å². The Bertz CT molecular complexity index is 541. The summed E-state index contributed by atoms with van der Waals surface area (Å²) in [5, 5.41) is 10.6. The number of ether oxygens (including phenoxy) is 1. The molecule has 0 spiro atoms. The van der Waals surface area contributed by atoms with E-state index in [0.29, 0.717) is 17.6 Å². The number of methoxy groups -OCH3 is 1. The van der Waals surface area contributed by atoms with Crippen molar-refractivity contribution in [3.05, 3.63) is 35.5 Å². The molecule has 4 heteroatoms. The summed E-state index contributed by atoms with van der Waals surface area (Å²) in [6.45, 7) is 7.48. The lowest BCUT2D eigenvalue weighted by atomic mass is 9.62. The predicted molar refractivity (Wildman–Crippen MR) is 74.8 cm³/mol. The second-order valence-electron chi connectivity index (χ2n) is 5.76. The first kappa shape index (κ1) is 14.7. The number of aliphatic hydroxyl groups is 1. The fourth-order valence-corrected chi connectivity index (χ4v) is 3.27. The van der Waals surface area contributed by atoms with Crippen LogP contribution in [0.4, 0.5) is 0 Å². The molecule has 0 aromatic heterocycles. The molecular weight excluding hydrogens is 256 g/mol. The smallest absolute Gasteiger partial charge is 0.333 e. The van der Waals surface area contributed by atoms with Crippen molar-refractivity contribution in [2.75, 3.05) is 7.11 Å². The molecule has 20 heavy (non-hydrogen) atoms. The van der Waals surface area contributed by atoms with Crippen molar-refractivity contribution in [2.24, 2.45) is 11.3 Å². The van der Waals surface area contributed by atoms with Gasteiger partial charge in [0.25, 0.3) is 0 Å². The zero-order valence-corrected chi connectivity index (χ0v) is 12.1. The molecule has 1 fully saturated rings. The first-order valence-electron chi connectivity index (χ1n) is 6.72. The second kappa shape index (κ2) is 5.02. The minimum atomic E-state index is -0.866. The van der Waals surface area contributed by atoms with E-state index in [4.69, 9.17) is 0 Å². The number of rotatable bonds is 2. The van der Waals surface area contributed by atoms with Gasteiger partial charge in [-0.3, -0.25) is 4.79 Å². The van der Waals surface area contributed by atoms with Crippen molar-refractivity contribution >= 4 is 11.8 Å². The molecule has 0 aromatic rings. The number of hydrogen-bond donors (Lipinski definition) is 1. The van der Waals surface area contributed by atoms with E-state index >= 15 is 0 Å². The first-order chi connectivity index (χ1) is 9.31. The van der Waals surface area contributed by atoms with Crippen LogP contribution in [0, 0.1) is 11.3 Å². The van der Waals surface area contributed by atoms with E-state index in [9.17, 15) is 14.7 Å². The van der Waals surface area contributed by atoms with Crippen LogP contribution in [0.2, 0.25) is 0 Å². The molecule has 1 saturated carbocycles. The van der Waals surface area contributed by atoms with Crippen LogP contribution < -0.4 is 0 Å². The lowest BCUT2D eigenvalue weighted by Gasteiger charge is -2.44. The number of esters is 1. The average Bonchev–Trinajstić information content (AvgIpc) is 2.42. The molecule has 0 amide bonds. The van der Waals surface area contributed by atoms with Crippen LogP contribution in [-0.4, -0.2) is 30.1 Å². The topological polar surface area (TPSA) is 63.6 Å². The predicted octanol–water partition coefficient (Wildman–Crippen LogP) is 1.95. The summed E-state index contributed by atoms with van der Waals surface area (Å²) in [6, 6.07) is 0. The Hall–Kier alpha value is -1.68. The van der Waals surface area contributed by atoms with Gasteiger partial charge in [-0.25, -0.2) is 4.79 Å². The average molecular weight is 276 g/mol. The van der Waals surface area contributed by atoms with Crippen molar-refractivity contribution < 1.29 is 19.4 Å². The van der Waals surface area contributed by atoms with Gasteiger partial charge in [-0.1, -0.05) is 19.6 Å². The Morgan fingerprint density at radius 3 is 2.80 bits per heavy atom. The van der Waals surface area contributed by atoms with Gasteiger partial charge >= 0.3 is 5.97 Å². The minimum Gasteiger partial charge on any atom is -0.466 e. The number of fused-ring (bicyclic) bond motifs is 1. The highest BCUT2D eigenvalue weighted by atomic mass is 16.5. The van der Waals surface area contributed by atoms with Gasteiger partial charge in [0.15, 0.2) is 5.78 Å². The van der Waals surface area contributed by atoms with E-state index in [-0.39, 0.29) is 22.7 Å². The van der Waals surface area contributed by atoms with Gasteiger partial charge in [0.1, 0.15) is 0 Å². The Labute approximate surface area is 118 Å². The SMILES string of the molecule is C=C(C(=O)OC)[C@@H]1CC[C@@]2(C)C=CC(=O)C(C)=C2[C@H]1O. The Morgan fingerprint density at radius 2 is 2.20 bits per heavy atom. The lowest BCUT2D eigenvalue weighted by molar-refractivity contribution is -0.137. The van der Waals surface area contributed by atoms with Crippen molar-refractivity contribution in [1.82, 2.24) is 0 Å². The number of carbonyl (C=O) groups excluding carboxylic acids is 2. The number of aliphatic hydroxyl groups excluding tert-OH is 1. The molecule has 2 aliphatic rings. The monoisotopic (exact) mass is 276 g/mol. The highest BCUT2D eigenvalue weighted by Gasteiger charge is 2.45. The fraction of sp³-hybridized carbons (Fsp3) is 0.500. The normalized spacial score (nSPS) is 32.9. The van der Waals surface area contributed by atoms with E-state index in [1.54, 1.807) is 13.0 Å². The lowest BCUT2D eigenvalue weighted by Crippen LogP contribution is -2.42. The summed E-state index contributed by atoms with van der Waals surface area (Å²) in [5.41, 5.74) is 1.24. The van der Waals surface area contributed by atoms with Gasteiger partial charge in [-0.05, 0) is 37.0 Å². The molecule has 0 saturated heterocycles. The molecule has 0 unspecified atom stereocenters. The van der Waals surface area contributed by atoms with Gasteiger partial charge in [-0.15, -0.1) is 0 Å². The summed E-state index contributed by atoms with van der Waals surface area (Å²) in [4.78, 5) is 23.4. The van der Waals surface area contributed by atoms with E-state index in [2.05, 4.69) is 11.3 Å². The molecule has 0 radical (unpaired) electrons. The Balaban J connectivity index is 2.39. The zero-order valence-electron chi connectivity index (χ0n) is 12.1. The molecule has 2 rings (SSSR count). The van der Waals surface area contributed by atoms with Gasteiger partial charge in [0.05, 0.1) is 13.2 Å². The number of allylic oxidation sites excluding steroid dienone is 3. The van der Waals surface area contributed by atoms with E-state index < -0.39 is 12.1 Å². The minimum absolute atomic E-state index is 0.0825. The molecule has 0 aromatic carbocycles. The quantitative estimate of drug-likeness (QED) is 0.618. The molecule has 0 heterocycles. The van der Waals surface area contributed by atoms with Crippen LogP contribution >= 0.6 is 0 Å². The third-order valence-electron chi connectivity index (χ3n) is 4.54. The Kier molecular flexibility index (Phi) is 3.69. The first-order valence-corrected chi connectivity index (χ1v) is 6.72. The van der Waals surface area contributed by atoms with Crippen molar-refractivity contribution in [3.8, 4) is 0 Å². The van der Waals surface area contributed by atoms with Crippen LogP contribution in [0.15, 0.2) is 35.5 Å². The highest BCUT2D eigenvalue weighted by molar-refractivity contribution is 6.05. The van der Waals surface area contributed by atoms with E-state index in [1.807, 2.05) is 13.0 Å². The van der Waals surface area contributed by atoms with Crippen molar-refractivity contribution in [2.45, 2.75) is 32.8 Å². The fourth-order valence-electron chi connectivity index (χ4n) is 3.27. The van der Waals surface area contributed by atoms with Crippen molar-refractivity contribution in [1.29, 1.82) is 0 Å². The standard InChI is InChI=1S/C16H20O4/c1-9(15(19)20-4)11-5-7-16(3)8-6-12(17)10(2)13(16)14(11)18/h6,8,11,14,18H,1,5,7H2,2-4H3/t11-,14-,16-/m0/s1. The molecule has 0 bridgehead atoms. The van der Waals surface area contributed by atoms with Crippen LogP contribution in [-0.2, 0) is 14.3 Å². The summed E-state index contributed by atoms with van der Waals surface area (Å²) in [5.74, 6) is -0.978. The van der Waals surface area contributed by atoms with E-state index in [1.165, 1.54) is 7.11 Å². The zero-order chi connectivity index (χ0) is 15.1. The number of hydrogen-bond acceptors (Lipinski definition) is 4. The summed E-state index contributed by atoms with van der Waals surface area (Å²) < 4.78 is 4.68. The van der Waals surface area contributed by atoms with Crippen LogP contribution in [0.1, 0.15) is 26.7 Å².